The van der Waals surface area contributed by atoms with Gasteiger partial charge >= 0.3 is 5.97 Å². The maximum atomic E-state index is 12.8. The summed E-state index contributed by atoms with van der Waals surface area (Å²) in [6.45, 7) is 20.7. The number of hydrogen-bond donors (Lipinski definition) is 1. The molecular formula is C32H50O4. The van der Waals surface area contributed by atoms with Crippen molar-refractivity contribution in [2.75, 3.05) is 13.2 Å². The molecular weight excluding hydrogens is 448 g/mol. The van der Waals surface area contributed by atoms with Gasteiger partial charge < -0.3 is 14.6 Å². The van der Waals surface area contributed by atoms with Crippen molar-refractivity contribution in [3.63, 3.8) is 0 Å². The van der Waals surface area contributed by atoms with Crippen LogP contribution >= 0.6 is 0 Å². The summed E-state index contributed by atoms with van der Waals surface area (Å²) in [5, 5.41) is 10.6. The van der Waals surface area contributed by atoms with Gasteiger partial charge in [-0.1, -0.05) is 46.8 Å². The second kappa shape index (κ2) is 7.62. The van der Waals surface area contributed by atoms with Crippen molar-refractivity contribution < 1.29 is 19.4 Å². The topological polar surface area (TPSA) is 55.8 Å². The van der Waals surface area contributed by atoms with E-state index in [1.807, 2.05) is 0 Å². The Morgan fingerprint density at radius 1 is 0.806 bits per heavy atom. The van der Waals surface area contributed by atoms with Crippen LogP contribution in [-0.4, -0.2) is 30.1 Å². The lowest BCUT2D eigenvalue weighted by atomic mass is 9.32. The van der Waals surface area contributed by atoms with Gasteiger partial charge in [0, 0.05) is 11.8 Å². The monoisotopic (exact) mass is 498 g/mol. The molecule has 1 spiro atoms. The largest absolute Gasteiger partial charge is 0.481 e. The summed E-state index contributed by atoms with van der Waals surface area (Å²) in [4.78, 5) is 12.8. The third-order valence-electron chi connectivity index (χ3n) is 14.4. The summed E-state index contributed by atoms with van der Waals surface area (Å²) in [5.74, 6) is 1.42. The van der Waals surface area contributed by atoms with Crippen molar-refractivity contribution in [3.8, 4) is 0 Å². The first-order valence-electron chi connectivity index (χ1n) is 15.0. The summed E-state index contributed by atoms with van der Waals surface area (Å²) in [5.41, 5.74) is 1.38. The van der Waals surface area contributed by atoms with E-state index in [0.717, 1.165) is 45.3 Å². The standard InChI is InChI=1S/C32H50O4/c1-20(2)21-10-13-31(26(33)34)16-15-29(6)22(25(21)31)8-9-24-28(5)14-17-32(35-18-19-36-32)27(3,4)23(28)11-12-30(24,29)7/h21-25H,1,8-19H2,2-7H3,(H,33,34)/t21-,22+,23-,24+,25+,28-,29+,30+,31-/m0/s1. The third-order valence-corrected chi connectivity index (χ3v) is 14.4. The van der Waals surface area contributed by atoms with Crippen LogP contribution in [0.1, 0.15) is 106 Å². The molecule has 0 radical (unpaired) electrons. The van der Waals surface area contributed by atoms with Crippen molar-refractivity contribution in [2.24, 2.45) is 56.7 Å². The Bertz CT molecular complexity index is 963. The molecule has 5 saturated carbocycles. The van der Waals surface area contributed by atoms with Crippen molar-refractivity contribution in [2.45, 2.75) is 112 Å². The Labute approximate surface area is 219 Å². The molecule has 202 valence electrons. The molecule has 6 aliphatic rings. The number of aliphatic carboxylic acids is 1. The Kier molecular flexibility index (Phi) is 5.38. The van der Waals surface area contributed by atoms with Crippen LogP contribution in [0.3, 0.4) is 0 Å². The molecule has 4 nitrogen and oxygen atoms in total. The summed E-state index contributed by atoms with van der Waals surface area (Å²) in [7, 11) is 0. The van der Waals surface area contributed by atoms with Crippen molar-refractivity contribution in [3.05, 3.63) is 12.2 Å². The predicted octanol–water partition coefficient (Wildman–Crippen LogP) is 7.47. The lowest BCUT2D eigenvalue weighted by Gasteiger charge is -2.73. The molecule has 0 unspecified atom stereocenters. The molecule has 0 bridgehead atoms. The van der Waals surface area contributed by atoms with Crippen molar-refractivity contribution in [1.29, 1.82) is 0 Å². The van der Waals surface area contributed by atoms with Gasteiger partial charge in [-0.05, 0) is 111 Å². The summed E-state index contributed by atoms with van der Waals surface area (Å²) < 4.78 is 12.8. The first kappa shape index (κ1) is 25.4. The van der Waals surface area contributed by atoms with Gasteiger partial charge in [0.25, 0.3) is 0 Å². The molecule has 0 aromatic heterocycles. The van der Waals surface area contributed by atoms with E-state index in [0.29, 0.717) is 23.7 Å². The first-order valence-corrected chi connectivity index (χ1v) is 15.0. The fraction of sp³-hybridized carbons (Fsp3) is 0.906. The van der Waals surface area contributed by atoms with Crippen LogP contribution in [0, 0.1) is 56.7 Å². The number of allylic oxidation sites excluding steroid dienone is 1. The predicted molar refractivity (Wildman–Crippen MR) is 141 cm³/mol. The van der Waals surface area contributed by atoms with E-state index in [9.17, 15) is 9.90 Å². The molecule has 1 heterocycles. The Balaban J connectivity index is 1.39. The van der Waals surface area contributed by atoms with Crippen LogP contribution in [0.4, 0.5) is 0 Å². The number of carboxylic acids is 1. The minimum atomic E-state index is -0.533. The second-order valence-corrected chi connectivity index (χ2v) is 15.3. The van der Waals surface area contributed by atoms with E-state index in [2.05, 4.69) is 48.1 Å². The summed E-state index contributed by atoms with van der Waals surface area (Å²) >= 11 is 0. The van der Waals surface area contributed by atoms with Crippen LogP contribution < -0.4 is 0 Å². The number of fused-ring (bicyclic) bond motifs is 7. The molecule has 1 saturated heterocycles. The lowest BCUT2D eigenvalue weighted by molar-refractivity contribution is -0.316. The lowest BCUT2D eigenvalue weighted by Crippen LogP contribution is -2.68. The zero-order chi connectivity index (χ0) is 25.9. The average molecular weight is 499 g/mol. The Morgan fingerprint density at radius 2 is 1.50 bits per heavy atom. The normalized spacial score (nSPS) is 52.7. The minimum Gasteiger partial charge on any atom is -0.481 e. The molecule has 9 atom stereocenters. The highest BCUT2D eigenvalue weighted by Gasteiger charge is 2.73. The Morgan fingerprint density at radius 3 is 2.14 bits per heavy atom. The molecule has 4 heteroatoms. The van der Waals surface area contributed by atoms with E-state index >= 15 is 0 Å². The molecule has 1 N–H and O–H groups in total. The maximum Gasteiger partial charge on any atom is 0.309 e. The Hall–Kier alpha value is -0.870. The highest BCUT2D eigenvalue weighted by molar-refractivity contribution is 5.76. The van der Waals surface area contributed by atoms with Crippen LogP contribution in [0.25, 0.3) is 0 Å². The number of carbonyl (C=O) groups is 1. The number of rotatable bonds is 2. The molecule has 6 fully saturated rings. The second-order valence-electron chi connectivity index (χ2n) is 15.3. The molecule has 0 aromatic carbocycles. The van der Waals surface area contributed by atoms with Gasteiger partial charge in [0.05, 0.1) is 18.6 Å². The molecule has 36 heavy (non-hydrogen) atoms. The first-order chi connectivity index (χ1) is 16.8. The maximum absolute atomic E-state index is 12.8. The van der Waals surface area contributed by atoms with Crippen molar-refractivity contribution >= 4 is 5.97 Å². The number of hydrogen-bond acceptors (Lipinski definition) is 3. The van der Waals surface area contributed by atoms with E-state index in [4.69, 9.17) is 9.47 Å². The van der Waals surface area contributed by atoms with Gasteiger partial charge in [0.2, 0.25) is 0 Å². The molecule has 6 rings (SSSR count). The molecule has 0 aromatic rings. The fourth-order valence-corrected chi connectivity index (χ4v) is 12.4. The van der Waals surface area contributed by atoms with Crippen LogP contribution in [0.15, 0.2) is 12.2 Å². The smallest absolute Gasteiger partial charge is 0.309 e. The van der Waals surface area contributed by atoms with Gasteiger partial charge in [-0.2, -0.15) is 0 Å². The minimum absolute atomic E-state index is 0.00287. The number of carboxylic acid groups (broad SMARTS) is 1. The SMILES string of the molecule is C=C(C)[C@@H]1CC[C@]2(C(=O)O)CC[C@]3(C)[C@H](CC[C@@H]4[C@@]5(C)CCC6(OCCO6)C(C)(C)[C@@H]5CC[C@]43C)[C@@H]12. The average Bonchev–Trinajstić information content (AvgIpc) is 3.44. The number of ether oxygens (including phenoxy) is 2. The zero-order valence-electron chi connectivity index (χ0n) is 23.8. The van der Waals surface area contributed by atoms with Gasteiger partial charge in [0.1, 0.15) is 0 Å². The summed E-state index contributed by atoms with van der Waals surface area (Å²) in [6, 6.07) is 0. The highest BCUT2D eigenvalue weighted by Crippen LogP contribution is 2.78. The molecule has 5 aliphatic carbocycles. The van der Waals surface area contributed by atoms with E-state index in [1.54, 1.807) is 0 Å². The molecule has 0 amide bonds. The quantitative estimate of drug-likeness (QED) is 0.401. The van der Waals surface area contributed by atoms with Gasteiger partial charge in [-0.3, -0.25) is 4.79 Å². The van der Waals surface area contributed by atoms with E-state index in [1.165, 1.54) is 37.7 Å². The zero-order valence-corrected chi connectivity index (χ0v) is 23.8. The highest BCUT2D eigenvalue weighted by atomic mass is 16.7. The van der Waals surface area contributed by atoms with E-state index < -0.39 is 17.2 Å². The summed E-state index contributed by atoms with van der Waals surface area (Å²) in [6.07, 6.45) is 10.8. The molecule has 1 aliphatic heterocycles. The van der Waals surface area contributed by atoms with Crippen LogP contribution in [-0.2, 0) is 14.3 Å². The fourth-order valence-electron chi connectivity index (χ4n) is 12.4. The van der Waals surface area contributed by atoms with Crippen LogP contribution in [0.5, 0.6) is 0 Å². The van der Waals surface area contributed by atoms with Gasteiger partial charge in [-0.15, -0.1) is 0 Å². The third kappa shape index (κ3) is 2.77. The van der Waals surface area contributed by atoms with Gasteiger partial charge in [-0.25, -0.2) is 0 Å². The van der Waals surface area contributed by atoms with Crippen molar-refractivity contribution in [1.82, 2.24) is 0 Å². The van der Waals surface area contributed by atoms with Crippen LogP contribution in [0.2, 0.25) is 0 Å². The van der Waals surface area contributed by atoms with Gasteiger partial charge in [0.15, 0.2) is 5.79 Å². The van der Waals surface area contributed by atoms with E-state index in [-0.39, 0.29) is 27.6 Å².